The van der Waals surface area contributed by atoms with Crippen LogP contribution in [0, 0.1) is 0 Å². The van der Waals surface area contributed by atoms with E-state index in [1.807, 2.05) is 22.8 Å². The van der Waals surface area contributed by atoms with Crippen LogP contribution >= 0.6 is 11.6 Å². The van der Waals surface area contributed by atoms with Gasteiger partial charge in [0.05, 0.1) is 27.7 Å². The molecule has 3 heterocycles. The number of carboxylic acids is 1. The minimum absolute atomic E-state index is 0.0592. The second kappa shape index (κ2) is 10.3. The second-order valence-corrected chi connectivity index (χ2v) is 12.7. The van der Waals surface area contributed by atoms with E-state index in [0.29, 0.717) is 16.5 Å². The van der Waals surface area contributed by atoms with E-state index in [9.17, 15) is 27.9 Å². The van der Waals surface area contributed by atoms with Crippen LogP contribution in [0.15, 0.2) is 78.0 Å². The number of H-pyrrole nitrogens is 1. The van der Waals surface area contributed by atoms with Crippen LogP contribution in [0.25, 0.3) is 21.8 Å². The van der Waals surface area contributed by atoms with Crippen LogP contribution in [0.4, 0.5) is 0 Å². The average Bonchev–Trinajstić information content (AvgIpc) is 3.60. The molecular formula is C30H25ClN4O6S. The number of nitrogens with zero attached hydrogens (tertiary/aromatic N) is 2. The van der Waals surface area contributed by atoms with Crippen molar-refractivity contribution in [3.63, 3.8) is 0 Å². The number of aromatic amines is 1. The van der Waals surface area contributed by atoms with Crippen molar-refractivity contribution < 1.29 is 27.9 Å². The van der Waals surface area contributed by atoms with Gasteiger partial charge in [-0.15, -0.1) is 0 Å². The molecule has 1 aliphatic rings. The van der Waals surface area contributed by atoms with E-state index in [-0.39, 0.29) is 41.0 Å². The molecule has 1 atom stereocenters. The lowest BCUT2D eigenvalue weighted by atomic mass is 10.0. The van der Waals surface area contributed by atoms with E-state index in [1.165, 1.54) is 18.2 Å². The number of amides is 2. The van der Waals surface area contributed by atoms with Crippen molar-refractivity contribution in [1.82, 2.24) is 19.8 Å². The van der Waals surface area contributed by atoms with Crippen LogP contribution in [0.3, 0.4) is 0 Å². The summed E-state index contributed by atoms with van der Waals surface area (Å²) < 4.78 is 25.7. The second-order valence-electron chi connectivity index (χ2n) is 10.3. The summed E-state index contributed by atoms with van der Waals surface area (Å²) in [4.78, 5) is 44.0. The van der Waals surface area contributed by atoms with Crippen molar-refractivity contribution in [3.8, 4) is 0 Å². The number of carboxylic acid groups (broad SMARTS) is 1. The first-order valence-electron chi connectivity index (χ1n) is 13.0. The normalized spacial score (nSPS) is 13.8. The fourth-order valence-corrected chi connectivity index (χ4v) is 6.52. The Balaban J connectivity index is 1.27. The summed E-state index contributed by atoms with van der Waals surface area (Å²) in [5.74, 6) is -2.09. The van der Waals surface area contributed by atoms with Gasteiger partial charge in [-0.2, -0.15) is 0 Å². The van der Waals surface area contributed by atoms with Gasteiger partial charge in [-0.25, -0.2) is 13.2 Å². The summed E-state index contributed by atoms with van der Waals surface area (Å²) >= 11 is 6.63. The Hall–Kier alpha value is -4.61. The van der Waals surface area contributed by atoms with Crippen LogP contribution in [0.5, 0.6) is 0 Å². The zero-order valence-electron chi connectivity index (χ0n) is 22.3. The van der Waals surface area contributed by atoms with Crippen molar-refractivity contribution in [1.29, 1.82) is 0 Å². The molecule has 0 radical (unpaired) electrons. The van der Waals surface area contributed by atoms with Crippen molar-refractivity contribution in [3.05, 3.63) is 100 Å². The molecule has 214 valence electrons. The maximum absolute atomic E-state index is 13.5. The van der Waals surface area contributed by atoms with Crippen LogP contribution in [0.1, 0.15) is 31.8 Å². The molecule has 0 spiro atoms. The van der Waals surface area contributed by atoms with Gasteiger partial charge in [0.15, 0.2) is 9.84 Å². The molecule has 0 bridgehead atoms. The van der Waals surface area contributed by atoms with E-state index >= 15 is 0 Å². The van der Waals surface area contributed by atoms with Gasteiger partial charge in [0.25, 0.3) is 11.8 Å². The summed E-state index contributed by atoms with van der Waals surface area (Å²) in [6.45, 7) is 0.531. The zero-order valence-corrected chi connectivity index (χ0v) is 23.9. The number of benzene rings is 3. The average molecular weight is 605 g/mol. The lowest BCUT2D eigenvalue weighted by Gasteiger charge is -2.30. The molecule has 1 unspecified atom stereocenters. The maximum atomic E-state index is 13.5. The predicted octanol–water partition coefficient (Wildman–Crippen LogP) is 4.22. The third-order valence-electron chi connectivity index (χ3n) is 7.47. The van der Waals surface area contributed by atoms with Gasteiger partial charge < -0.3 is 24.9 Å². The molecule has 12 heteroatoms. The quantitative estimate of drug-likeness (QED) is 0.254. The van der Waals surface area contributed by atoms with Gasteiger partial charge in [0.2, 0.25) is 0 Å². The number of carbonyl (C=O) groups is 3. The number of aromatic nitrogens is 2. The zero-order chi connectivity index (χ0) is 29.8. The van der Waals surface area contributed by atoms with Gasteiger partial charge >= 0.3 is 5.97 Å². The van der Waals surface area contributed by atoms with Crippen LogP contribution in [0.2, 0.25) is 5.02 Å². The first-order valence-corrected chi connectivity index (χ1v) is 15.3. The number of hydrogen-bond acceptors (Lipinski definition) is 5. The van der Waals surface area contributed by atoms with Gasteiger partial charge in [-0.3, -0.25) is 9.59 Å². The molecule has 5 aromatic rings. The fourth-order valence-electron chi connectivity index (χ4n) is 5.51. The van der Waals surface area contributed by atoms with Gasteiger partial charge in [0, 0.05) is 53.5 Å². The first kappa shape index (κ1) is 27.6. The maximum Gasteiger partial charge on any atom is 0.326 e. The highest BCUT2D eigenvalue weighted by molar-refractivity contribution is 7.90. The highest BCUT2D eigenvalue weighted by Crippen LogP contribution is 2.35. The summed E-state index contributed by atoms with van der Waals surface area (Å²) in [5.41, 5.74) is 3.50. The predicted molar refractivity (Wildman–Crippen MR) is 157 cm³/mol. The van der Waals surface area contributed by atoms with E-state index in [4.69, 9.17) is 11.6 Å². The minimum Gasteiger partial charge on any atom is -0.480 e. The first-order chi connectivity index (χ1) is 20.0. The largest absolute Gasteiger partial charge is 0.480 e. The van der Waals surface area contributed by atoms with Crippen molar-refractivity contribution >= 4 is 61.0 Å². The van der Waals surface area contributed by atoms with Gasteiger partial charge in [-0.1, -0.05) is 29.8 Å². The standard InChI is InChI=1S/C30H25ClN4O6S/c1-42(40,41)19-5-2-4-17(12-19)13-25(30(38)39)33-28(36)26-22-9-11-34-16-35(15-18(27(22)34)14-23(26)31)29(37)21-6-3-7-24-20(21)8-10-32-24/h2-12,14,25,32H,13,15-16H2,1H3,(H,33,36)(H,38,39). The van der Waals surface area contributed by atoms with E-state index in [1.54, 1.807) is 41.6 Å². The van der Waals surface area contributed by atoms with E-state index in [0.717, 1.165) is 28.2 Å². The van der Waals surface area contributed by atoms with Crippen molar-refractivity contribution in [2.24, 2.45) is 0 Å². The molecule has 0 saturated carbocycles. The van der Waals surface area contributed by atoms with E-state index in [2.05, 4.69) is 10.3 Å². The van der Waals surface area contributed by atoms with Crippen LogP contribution in [-0.2, 0) is 34.3 Å². The minimum atomic E-state index is -3.49. The third-order valence-corrected chi connectivity index (χ3v) is 8.88. The number of rotatable bonds is 7. The summed E-state index contributed by atoms with van der Waals surface area (Å²) in [7, 11) is -3.49. The molecule has 6 rings (SSSR count). The number of halogens is 1. The molecule has 1 aliphatic heterocycles. The molecule has 3 aromatic carbocycles. The Labute approximate surface area is 245 Å². The van der Waals surface area contributed by atoms with E-state index < -0.39 is 27.8 Å². The summed E-state index contributed by atoms with van der Waals surface area (Å²) in [6, 6.07) is 15.4. The van der Waals surface area contributed by atoms with Crippen LogP contribution < -0.4 is 5.32 Å². The number of fused-ring (bicyclic) bond motifs is 1. The molecule has 2 aromatic heterocycles. The van der Waals surface area contributed by atoms with Crippen molar-refractivity contribution in [2.75, 3.05) is 6.26 Å². The fraction of sp³-hybridized carbons (Fsp3) is 0.167. The summed E-state index contributed by atoms with van der Waals surface area (Å²) in [5, 5.41) is 13.9. The number of carbonyl (C=O) groups excluding carboxylic acids is 2. The number of sulfone groups is 1. The molecule has 0 saturated heterocycles. The molecule has 2 amide bonds. The molecule has 3 N–H and O–H groups in total. The smallest absolute Gasteiger partial charge is 0.326 e. The Kier molecular flexibility index (Phi) is 6.78. The Bertz CT molecular complexity index is 2030. The summed E-state index contributed by atoms with van der Waals surface area (Å²) in [6.07, 6.45) is 4.49. The van der Waals surface area contributed by atoms with Crippen LogP contribution in [-0.4, -0.2) is 58.1 Å². The SMILES string of the molecule is CS(=O)(=O)c1cccc(CC(NC(=O)c2c(Cl)cc3c4c2ccn4CN(C(=O)c2cccc4[nH]ccc24)C3)C(=O)O)c1. The number of aliphatic carboxylic acids is 1. The highest BCUT2D eigenvalue weighted by atomic mass is 35.5. The molecular weight excluding hydrogens is 580 g/mol. The molecule has 42 heavy (non-hydrogen) atoms. The third kappa shape index (κ3) is 4.90. The Morgan fingerprint density at radius 1 is 1.07 bits per heavy atom. The molecule has 10 nitrogen and oxygen atoms in total. The van der Waals surface area contributed by atoms with Gasteiger partial charge in [0.1, 0.15) is 6.04 Å². The lowest BCUT2D eigenvalue weighted by molar-refractivity contribution is -0.139. The van der Waals surface area contributed by atoms with Gasteiger partial charge in [-0.05, 0) is 53.6 Å². The number of hydrogen-bond donors (Lipinski definition) is 3. The molecule has 0 aliphatic carbocycles. The Morgan fingerprint density at radius 2 is 1.86 bits per heavy atom. The highest BCUT2D eigenvalue weighted by Gasteiger charge is 2.30. The topological polar surface area (TPSA) is 142 Å². The Morgan fingerprint density at radius 3 is 2.62 bits per heavy atom. The lowest BCUT2D eigenvalue weighted by Crippen LogP contribution is -2.42. The number of nitrogens with one attached hydrogen (secondary N) is 2. The molecule has 0 fully saturated rings. The monoisotopic (exact) mass is 604 g/mol. The van der Waals surface area contributed by atoms with Crippen molar-refractivity contribution in [2.45, 2.75) is 30.6 Å².